The molecule has 0 aromatic carbocycles. The van der Waals surface area contributed by atoms with Crippen LogP contribution in [-0.2, 0) is 4.79 Å². The van der Waals surface area contributed by atoms with Crippen LogP contribution in [0.25, 0.3) is 0 Å². The van der Waals surface area contributed by atoms with Crippen molar-refractivity contribution in [2.75, 3.05) is 6.54 Å². The SMILES string of the molecule is CC(C)CCNC=O. The molecule has 0 bridgehead atoms. The van der Waals surface area contributed by atoms with Crippen LogP contribution >= 0.6 is 0 Å². The first-order valence-electron chi connectivity index (χ1n) is 2.94. The number of carbonyl (C=O) groups is 1. The molecule has 0 rings (SSSR count). The van der Waals surface area contributed by atoms with Crippen LogP contribution in [0.5, 0.6) is 0 Å². The molecule has 0 aliphatic carbocycles. The number of carbonyl (C=O) groups excluding carboxylic acids is 1. The highest BCUT2D eigenvalue weighted by atomic mass is 16.1. The summed E-state index contributed by atoms with van der Waals surface area (Å²) in [5, 5.41) is 2.60. The third-order valence-corrected chi connectivity index (χ3v) is 0.949. The highest BCUT2D eigenvalue weighted by Crippen LogP contribution is 1.95. The van der Waals surface area contributed by atoms with Crippen LogP contribution in [0.4, 0.5) is 0 Å². The van der Waals surface area contributed by atoms with Gasteiger partial charge in [-0.25, -0.2) is 0 Å². The average molecular weight is 115 g/mol. The van der Waals surface area contributed by atoms with E-state index in [0.29, 0.717) is 5.92 Å². The molecule has 48 valence electrons. The third kappa shape index (κ3) is 5.47. The summed E-state index contributed by atoms with van der Waals surface area (Å²) in [6, 6.07) is 0. The Labute approximate surface area is 50.3 Å². The molecule has 1 N–H and O–H groups in total. The van der Waals surface area contributed by atoms with Gasteiger partial charge < -0.3 is 5.32 Å². The summed E-state index contributed by atoms with van der Waals surface area (Å²) in [6.07, 6.45) is 1.81. The standard InChI is InChI=1S/C6H13NO/c1-6(2)3-4-7-5-8/h5-6H,3-4H2,1-2H3,(H,7,8). The minimum Gasteiger partial charge on any atom is -0.359 e. The summed E-state index contributed by atoms with van der Waals surface area (Å²) in [7, 11) is 0. The summed E-state index contributed by atoms with van der Waals surface area (Å²) in [5.41, 5.74) is 0. The number of rotatable bonds is 4. The Morgan fingerprint density at radius 2 is 2.25 bits per heavy atom. The summed E-state index contributed by atoms with van der Waals surface area (Å²) in [5.74, 6) is 0.683. The number of nitrogens with one attached hydrogen (secondary N) is 1. The largest absolute Gasteiger partial charge is 0.359 e. The van der Waals surface area contributed by atoms with Gasteiger partial charge in [-0.2, -0.15) is 0 Å². The predicted octanol–water partition coefficient (Wildman–Crippen LogP) is 0.778. The lowest BCUT2D eigenvalue weighted by molar-refractivity contribution is -0.109. The van der Waals surface area contributed by atoms with E-state index in [0.717, 1.165) is 19.4 Å². The molecule has 0 aliphatic rings. The van der Waals surface area contributed by atoms with Crippen molar-refractivity contribution in [3.8, 4) is 0 Å². The van der Waals surface area contributed by atoms with Gasteiger partial charge in [-0.1, -0.05) is 13.8 Å². The van der Waals surface area contributed by atoms with Gasteiger partial charge in [0.15, 0.2) is 0 Å². The van der Waals surface area contributed by atoms with Crippen LogP contribution in [0.15, 0.2) is 0 Å². The Bertz CT molecular complexity index is 61.5. The minimum atomic E-state index is 0.683. The van der Waals surface area contributed by atoms with Crippen molar-refractivity contribution in [3.63, 3.8) is 0 Å². The maximum absolute atomic E-state index is 9.68. The lowest BCUT2D eigenvalue weighted by Crippen LogP contribution is -2.13. The van der Waals surface area contributed by atoms with Gasteiger partial charge in [0.2, 0.25) is 6.41 Å². The molecule has 0 fully saturated rings. The molecule has 0 aromatic rings. The molecule has 0 atom stereocenters. The van der Waals surface area contributed by atoms with Gasteiger partial charge >= 0.3 is 0 Å². The van der Waals surface area contributed by atoms with Crippen LogP contribution in [-0.4, -0.2) is 13.0 Å². The van der Waals surface area contributed by atoms with E-state index in [1.54, 1.807) is 0 Å². The van der Waals surface area contributed by atoms with E-state index in [1.807, 2.05) is 0 Å². The Kier molecular flexibility index (Phi) is 4.32. The summed E-state index contributed by atoms with van der Waals surface area (Å²) in [6.45, 7) is 5.07. The molecular weight excluding hydrogens is 102 g/mol. The van der Waals surface area contributed by atoms with Crippen molar-refractivity contribution in [3.05, 3.63) is 0 Å². The van der Waals surface area contributed by atoms with Gasteiger partial charge in [-0.15, -0.1) is 0 Å². The third-order valence-electron chi connectivity index (χ3n) is 0.949. The van der Waals surface area contributed by atoms with Crippen LogP contribution in [0.1, 0.15) is 20.3 Å². The van der Waals surface area contributed by atoms with E-state index in [4.69, 9.17) is 0 Å². The van der Waals surface area contributed by atoms with Gasteiger partial charge in [-0.3, -0.25) is 4.79 Å². The maximum atomic E-state index is 9.68. The van der Waals surface area contributed by atoms with E-state index in [1.165, 1.54) is 0 Å². The molecule has 2 heteroatoms. The summed E-state index contributed by atoms with van der Waals surface area (Å²) in [4.78, 5) is 9.68. The summed E-state index contributed by atoms with van der Waals surface area (Å²) < 4.78 is 0. The molecule has 0 saturated heterocycles. The Morgan fingerprint density at radius 3 is 2.62 bits per heavy atom. The van der Waals surface area contributed by atoms with E-state index in [2.05, 4.69) is 19.2 Å². The van der Waals surface area contributed by atoms with Gasteiger partial charge in [0.1, 0.15) is 0 Å². The molecule has 0 spiro atoms. The van der Waals surface area contributed by atoms with E-state index < -0.39 is 0 Å². The summed E-state index contributed by atoms with van der Waals surface area (Å²) >= 11 is 0. The Balaban J connectivity index is 2.81. The zero-order valence-electron chi connectivity index (χ0n) is 5.48. The Hall–Kier alpha value is -0.530. The van der Waals surface area contributed by atoms with Gasteiger partial charge in [0, 0.05) is 6.54 Å². The van der Waals surface area contributed by atoms with Crippen LogP contribution in [0.2, 0.25) is 0 Å². The normalized spacial score (nSPS) is 9.38. The fourth-order valence-corrected chi connectivity index (χ4v) is 0.431. The molecule has 0 heterocycles. The fraction of sp³-hybridized carbons (Fsp3) is 0.833. The van der Waals surface area contributed by atoms with Gasteiger partial charge in [-0.05, 0) is 12.3 Å². The van der Waals surface area contributed by atoms with Crippen molar-refractivity contribution < 1.29 is 4.79 Å². The first-order chi connectivity index (χ1) is 3.77. The monoisotopic (exact) mass is 115 g/mol. The van der Waals surface area contributed by atoms with Crippen molar-refractivity contribution in [1.29, 1.82) is 0 Å². The lowest BCUT2D eigenvalue weighted by Gasteiger charge is -2.00. The molecular formula is C6H13NO. The quantitative estimate of drug-likeness (QED) is 0.425. The fourth-order valence-electron chi connectivity index (χ4n) is 0.431. The van der Waals surface area contributed by atoms with Gasteiger partial charge in [0.25, 0.3) is 0 Å². The molecule has 0 radical (unpaired) electrons. The smallest absolute Gasteiger partial charge is 0.207 e. The highest BCUT2D eigenvalue weighted by molar-refractivity contribution is 5.45. The zero-order chi connectivity index (χ0) is 6.41. The van der Waals surface area contributed by atoms with E-state index in [-0.39, 0.29) is 0 Å². The second-order valence-electron chi connectivity index (χ2n) is 2.25. The number of hydrogen-bond acceptors (Lipinski definition) is 1. The molecule has 1 amide bonds. The van der Waals surface area contributed by atoms with Crippen LogP contribution in [0, 0.1) is 5.92 Å². The second-order valence-corrected chi connectivity index (χ2v) is 2.25. The highest BCUT2D eigenvalue weighted by Gasteiger charge is 1.89. The Morgan fingerprint density at radius 1 is 1.62 bits per heavy atom. The van der Waals surface area contributed by atoms with Crippen LogP contribution < -0.4 is 5.32 Å². The van der Waals surface area contributed by atoms with E-state index in [9.17, 15) is 4.79 Å². The maximum Gasteiger partial charge on any atom is 0.207 e. The minimum absolute atomic E-state index is 0.683. The molecule has 2 nitrogen and oxygen atoms in total. The van der Waals surface area contributed by atoms with Crippen molar-refractivity contribution in [1.82, 2.24) is 5.32 Å². The predicted molar refractivity (Wildman–Crippen MR) is 33.5 cm³/mol. The van der Waals surface area contributed by atoms with Gasteiger partial charge in [0.05, 0.1) is 0 Å². The van der Waals surface area contributed by atoms with Crippen LogP contribution in [0.3, 0.4) is 0 Å². The first kappa shape index (κ1) is 7.47. The average Bonchev–Trinajstić information content (AvgIpc) is 1.66. The lowest BCUT2D eigenvalue weighted by atomic mass is 10.1. The molecule has 0 aliphatic heterocycles. The second kappa shape index (κ2) is 4.62. The molecule has 0 saturated carbocycles. The van der Waals surface area contributed by atoms with Crippen molar-refractivity contribution in [2.45, 2.75) is 20.3 Å². The number of amides is 1. The first-order valence-corrected chi connectivity index (χ1v) is 2.94. The molecule has 8 heavy (non-hydrogen) atoms. The van der Waals surface area contributed by atoms with Crippen molar-refractivity contribution in [2.24, 2.45) is 5.92 Å². The molecule has 0 unspecified atom stereocenters. The van der Waals surface area contributed by atoms with E-state index >= 15 is 0 Å². The topological polar surface area (TPSA) is 29.1 Å². The van der Waals surface area contributed by atoms with Crippen molar-refractivity contribution >= 4 is 6.41 Å². The zero-order valence-corrected chi connectivity index (χ0v) is 5.48. The number of hydrogen-bond donors (Lipinski definition) is 1. The molecule has 0 aromatic heterocycles.